The van der Waals surface area contributed by atoms with E-state index in [0.717, 1.165) is 122 Å². The van der Waals surface area contributed by atoms with Gasteiger partial charge in [-0.3, -0.25) is 19.3 Å². The maximum atomic E-state index is 12.5. The number of benzene rings is 3. The zero-order valence-corrected chi connectivity index (χ0v) is 36.7. The number of rotatable bonds is 18. The van der Waals surface area contributed by atoms with Gasteiger partial charge in [-0.2, -0.15) is 0 Å². The molecule has 3 aliphatic rings. The smallest absolute Gasteiger partial charge is 0.307 e. The van der Waals surface area contributed by atoms with Crippen molar-refractivity contribution < 1.29 is 29.7 Å². The Kier molecular flexibility index (Phi) is 12.9. The van der Waals surface area contributed by atoms with E-state index in [9.17, 15) is 29.7 Å². The van der Waals surface area contributed by atoms with Crippen LogP contribution in [0.1, 0.15) is 52.6 Å². The minimum absolute atomic E-state index is 0.123. The molecule has 6 N–H and O–H groups in total. The summed E-state index contributed by atoms with van der Waals surface area (Å²) >= 11 is 5.03. The lowest BCUT2D eigenvalue weighted by Gasteiger charge is -2.24. The van der Waals surface area contributed by atoms with Crippen molar-refractivity contribution >= 4 is 82.2 Å². The second kappa shape index (κ2) is 18.6. The van der Waals surface area contributed by atoms with E-state index < -0.39 is 35.7 Å². The Labute approximate surface area is 368 Å². The molecule has 0 spiro atoms. The summed E-state index contributed by atoms with van der Waals surface area (Å²) < 4.78 is 3.47. The van der Waals surface area contributed by atoms with Crippen molar-refractivity contribution in [2.45, 2.75) is 58.2 Å². The number of fused-ring (bicyclic) bond motifs is 3. The van der Waals surface area contributed by atoms with Crippen molar-refractivity contribution in [1.29, 1.82) is 0 Å². The first kappa shape index (κ1) is 42.1. The normalized spacial score (nSPS) is 20.9. The molecule has 0 radical (unpaired) electrons. The standard InChI is InChI=1S/C48H54N4O6S3/c53-46(54)40(31-7-10-49-19-31)16-34-25-59-43-4-1-28(13-37(34)43)22-52(23-29-2-5-44-38(14-29)35(26-60-44)17-41(47(55)56)32-8-11-50-20-32)24-30-3-6-45-39(15-30)36(27-61-45)18-42(48(57)58)33-9-12-51-21-33/h1-6,13-15,25-27,31-33,40-42,49-51H,7-12,16-24H2,(H,53,54)(H,55,56)(H,57,58)/t31-,32-,33-,40-,41-,42-/m0/s1. The van der Waals surface area contributed by atoms with Gasteiger partial charge in [-0.1, -0.05) is 18.2 Å². The van der Waals surface area contributed by atoms with Crippen LogP contribution in [0.2, 0.25) is 0 Å². The first-order chi connectivity index (χ1) is 29.7. The Bertz CT molecular complexity index is 2250. The van der Waals surface area contributed by atoms with Gasteiger partial charge in [-0.15, -0.1) is 34.0 Å². The molecule has 3 saturated heterocycles. The summed E-state index contributed by atoms with van der Waals surface area (Å²) in [5, 5.41) is 50.6. The van der Waals surface area contributed by atoms with E-state index in [1.807, 2.05) is 0 Å². The number of hydrogen-bond donors (Lipinski definition) is 6. The van der Waals surface area contributed by atoms with E-state index in [1.165, 1.54) is 0 Å². The van der Waals surface area contributed by atoms with Crippen molar-refractivity contribution in [1.82, 2.24) is 20.9 Å². The first-order valence-electron chi connectivity index (χ1n) is 21.7. The average molecular weight is 879 g/mol. The van der Waals surface area contributed by atoms with Gasteiger partial charge >= 0.3 is 17.9 Å². The fraction of sp³-hybridized carbons (Fsp3) is 0.438. The number of carboxylic acids is 3. The second-order valence-corrected chi connectivity index (χ2v) is 20.4. The molecule has 320 valence electrons. The van der Waals surface area contributed by atoms with Crippen LogP contribution in [0.4, 0.5) is 0 Å². The fourth-order valence-electron chi connectivity index (χ4n) is 10.2. The Balaban J connectivity index is 1.02. The van der Waals surface area contributed by atoms with Gasteiger partial charge in [0.2, 0.25) is 0 Å². The van der Waals surface area contributed by atoms with Gasteiger partial charge < -0.3 is 31.3 Å². The molecule has 3 fully saturated rings. The van der Waals surface area contributed by atoms with Gasteiger partial charge in [0.25, 0.3) is 0 Å². The highest BCUT2D eigenvalue weighted by Crippen LogP contribution is 2.36. The van der Waals surface area contributed by atoms with E-state index in [0.29, 0.717) is 38.9 Å². The zero-order valence-electron chi connectivity index (χ0n) is 34.2. The zero-order chi connectivity index (χ0) is 42.0. The van der Waals surface area contributed by atoms with E-state index in [-0.39, 0.29) is 17.8 Å². The quantitative estimate of drug-likeness (QED) is 0.0500. The van der Waals surface area contributed by atoms with Gasteiger partial charge in [0.15, 0.2) is 0 Å². The van der Waals surface area contributed by atoms with Crippen LogP contribution in [0.15, 0.2) is 70.7 Å². The molecule has 6 aromatic rings. The van der Waals surface area contributed by atoms with Crippen LogP contribution in [0.5, 0.6) is 0 Å². The maximum absolute atomic E-state index is 12.5. The average Bonchev–Trinajstić information content (AvgIpc) is 4.11. The molecule has 0 aliphatic carbocycles. The monoisotopic (exact) mass is 878 g/mol. The molecule has 61 heavy (non-hydrogen) atoms. The predicted octanol–water partition coefficient (Wildman–Crippen LogP) is 8.09. The highest BCUT2D eigenvalue weighted by atomic mass is 32.1. The summed E-state index contributed by atoms with van der Waals surface area (Å²) in [6, 6.07) is 19.9. The van der Waals surface area contributed by atoms with Crippen LogP contribution in [0, 0.1) is 35.5 Å². The fourth-order valence-corrected chi connectivity index (χ4v) is 13.1. The molecular formula is C48H54N4O6S3. The molecule has 3 aliphatic heterocycles. The summed E-state index contributed by atoms with van der Waals surface area (Å²) in [5.74, 6) is -3.10. The summed E-state index contributed by atoms with van der Waals surface area (Å²) in [7, 11) is 0. The minimum atomic E-state index is -0.727. The molecule has 6 heterocycles. The highest BCUT2D eigenvalue weighted by Gasteiger charge is 2.34. The number of hydrogen-bond acceptors (Lipinski definition) is 10. The lowest BCUT2D eigenvalue weighted by molar-refractivity contribution is -0.144. The summed E-state index contributed by atoms with van der Waals surface area (Å²) in [4.78, 5) is 39.9. The number of aliphatic carboxylic acids is 3. The summed E-state index contributed by atoms with van der Waals surface area (Å²) in [6.45, 7) is 6.80. The topological polar surface area (TPSA) is 151 Å². The van der Waals surface area contributed by atoms with Crippen molar-refractivity contribution in [2.24, 2.45) is 35.5 Å². The number of carboxylic acid groups (broad SMARTS) is 3. The van der Waals surface area contributed by atoms with Crippen molar-refractivity contribution in [3.63, 3.8) is 0 Å². The van der Waals surface area contributed by atoms with Crippen LogP contribution in [0.25, 0.3) is 30.3 Å². The van der Waals surface area contributed by atoms with Gasteiger partial charge in [0, 0.05) is 33.7 Å². The number of carbonyl (C=O) groups is 3. The third kappa shape index (κ3) is 9.44. The van der Waals surface area contributed by atoms with Gasteiger partial charge in [-0.05, 0) is 198 Å². The van der Waals surface area contributed by atoms with Crippen LogP contribution in [0.3, 0.4) is 0 Å². The molecular weight excluding hydrogens is 825 g/mol. The van der Waals surface area contributed by atoms with Gasteiger partial charge in [0.1, 0.15) is 0 Å². The Hall–Kier alpha value is -4.21. The molecule has 10 nitrogen and oxygen atoms in total. The molecule has 6 atom stereocenters. The lowest BCUT2D eigenvalue weighted by Crippen LogP contribution is -2.27. The maximum Gasteiger partial charge on any atom is 0.307 e. The van der Waals surface area contributed by atoms with E-state index in [1.54, 1.807) is 34.0 Å². The predicted molar refractivity (Wildman–Crippen MR) is 246 cm³/mol. The molecule has 13 heteroatoms. The summed E-state index contributed by atoms with van der Waals surface area (Å²) in [6.07, 6.45) is 4.19. The Morgan fingerprint density at radius 3 is 1.10 bits per heavy atom. The molecule has 0 amide bonds. The molecule has 3 aromatic heterocycles. The molecule has 0 bridgehead atoms. The molecule has 0 unspecified atom stereocenters. The molecule has 0 saturated carbocycles. The van der Waals surface area contributed by atoms with Gasteiger partial charge in [-0.25, -0.2) is 0 Å². The summed E-state index contributed by atoms with van der Waals surface area (Å²) in [5.41, 5.74) is 6.75. The largest absolute Gasteiger partial charge is 0.481 e. The minimum Gasteiger partial charge on any atom is -0.481 e. The lowest BCUT2D eigenvalue weighted by atomic mass is 9.86. The third-order valence-electron chi connectivity index (χ3n) is 13.6. The van der Waals surface area contributed by atoms with Crippen LogP contribution >= 0.6 is 34.0 Å². The number of nitrogens with zero attached hydrogens (tertiary/aromatic N) is 1. The Morgan fingerprint density at radius 1 is 0.525 bits per heavy atom. The van der Waals surface area contributed by atoms with Crippen LogP contribution in [-0.2, 0) is 53.3 Å². The van der Waals surface area contributed by atoms with Crippen LogP contribution < -0.4 is 16.0 Å². The van der Waals surface area contributed by atoms with E-state index in [2.05, 4.69) is 91.6 Å². The second-order valence-electron chi connectivity index (χ2n) is 17.6. The van der Waals surface area contributed by atoms with Gasteiger partial charge in [0.05, 0.1) is 17.8 Å². The van der Waals surface area contributed by atoms with E-state index >= 15 is 0 Å². The highest BCUT2D eigenvalue weighted by molar-refractivity contribution is 7.18. The van der Waals surface area contributed by atoms with E-state index in [4.69, 9.17) is 0 Å². The van der Waals surface area contributed by atoms with Crippen molar-refractivity contribution in [3.8, 4) is 0 Å². The number of nitrogens with one attached hydrogen (secondary N) is 3. The van der Waals surface area contributed by atoms with Crippen molar-refractivity contribution in [2.75, 3.05) is 39.3 Å². The molecule has 9 rings (SSSR count). The third-order valence-corrected chi connectivity index (χ3v) is 16.7. The first-order valence-corrected chi connectivity index (χ1v) is 24.3. The SMILES string of the molecule is O=C(O)[C@@H](Cc1csc2ccc(CN(Cc3ccc4scc(C[C@H](C(=O)O)[C@H]5CCNC5)c4c3)Cc3ccc4scc(C[C@H](C(=O)O)[C@H]5CCNC5)c4c3)cc12)[C@H]1CCNC1. The Morgan fingerprint density at radius 2 is 0.836 bits per heavy atom. The van der Waals surface area contributed by atoms with Crippen LogP contribution in [-0.4, -0.2) is 77.4 Å². The molecule has 3 aromatic carbocycles. The van der Waals surface area contributed by atoms with Crippen molar-refractivity contribution in [3.05, 3.63) is 104 Å². The number of thiophene rings is 3.